The monoisotopic (exact) mass is 397 g/mol. The highest BCUT2D eigenvalue weighted by molar-refractivity contribution is 6.31. The lowest BCUT2D eigenvalue weighted by molar-refractivity contribution is 0.00623. The number of nitrogens with one attached hydrogen (secondary N) is 2. The van der Waals surface area contributed by atoms with E-state index in [9.17, 15) is 0 Å². The predicted octanol–water partition coefficient (Wildman–Crippen LogP) is 4.10. The van der Waals surface area contributed by atoms with Crippen molar-refractivity contribution in [3.63, 3.8) is 0 Å². The Kier molecular flexibility index (Phi) is 4.13. The van der Waals surface area contributed by atoms with Crippen LogP contribution in [-0.2, 0) is 6.54 Å². The van der Waals surface area contributed by atoms with Gasteiger partial charge < -0.3 is 20.1 Å². The third kappa shape index (κ3) is 2.55. The van der Waals surface area contributed by atoms with E-state index in [1.807, 2.05) is 25.2 Å². The molecule has 5 rings (SSSR count). The first-order valence-electron chi connectivity index (χ1n) is 10.2. The Bertz CT molecular complexity index is 942. The molecule has 5 nitrogen and oxygen atoms in total. The largest absolute Gasteiger partial charge is 0.375 e. The van der Waals surface area contributed by atoms with E-state index < -0.39 is 0 Å². The summed E-state index contributed by atoms with van der Waals surface area (Å²) in [4.78, 5) is 13.2. The van der Waals surface area contributed by atoms with Gasteiger partial charge in [-0.05, 0) is 37.0 Å². The van der Waals surface area contributed by atoms with E-state index in [1.165, 1.54) is 31.4 Å². The Labute approximate surface area is 171 Å². The maximum atomic E-state index is 6.14. The zero-order valence-corrected chi connectivity index (χ0v) is 17.2. The lowest BCUT2D eigenvalue weighted by Crippen LogP contribution is -2.60. The topological polar surface area (TPSA) is 47.2 Å². The van der Waals surface area contributed by atoms with Crippen molar-refractivity contribution >= 4 is 22.6 Å². The van der Waals surface area contributed by atoms with Crippen molar-refractivity contribution in [1.82, 2.24) is 25.1 Å². The second-order valence-electron chi connectivity index (χ2n) is 8.59. The van der Waals surface area contributed by atoms with Crippen molar-refractivity contribution in [2.75, 3.05) is 20.1 Å². The number of imidazole rings is 1. The molecule has 1 aliphatic carbocycles. The lowest BCUT2D eigenvalue weighted by Gasteiger charge is -2.53. The Morgan fingerprint density at radius 2 is 2.14 bits per heavy atom. The van der Waals surface area contributed by atoms with Gasteiger partial charge in [0.2, 0.25) is 0 Å². The summed E-state index contributed by atoms with van der Waals surface area (Å²) in [5, 5.41) is 3.93. The minimum Gasteiger partial charge on any atom is -0.375 e. The Hall–Kier alpha value is -2.14. The van der Waals surface area contributed by atoms with E-state index in [0.29, 0.717) is 12.0 Å². The molecule has 2 saturated heterocycles. The van der Waals surface area contributed by atoms with Crippen LogP contribution in [0.25, 0.3) is 11.0 Å². The van der Waals surface area contributed by atoms with Crippen LogP contribution in [0.2, 0.25) is 5.02 Å². The minimum absolute atomic E-state index is 0.195. The zero-order chi connectivity index (χ0) is 19.5. The van der Waals surface area contributed by atoms with Crippen LogP contribution in [0.5, 0.6) is 0 Å². The molecule has 2 atom stereocenters. The number of H-pyrrole nitrogens is 1. The third-order valence-electron chi connectivity index (χ3n) is 7.19. The predicted molar refractivity (Wildman–Crippen MR) is 114 cm³/mol. The van der Waals surface area contributed by atoms with Crippen LogP contribution in [0.1, 0.15) is 31.5 Å². The quantitative estimate of drug-likeness (QED) is 0.815. The molecule has 3 aliphatic rings. The van der Waals surface area contributed by atoms with Crippen molar-refractivity contribution in [1.29, 1.82) is 0 Å². The van der Waals surface area contributed by atoms with Gasteiger partial charge in [-0.3, -0.25) is 0 Å². The minimum atomic E-state index is 0.195. The maximum Gasteiger partial charge on any atom is 0.126 e. The van der Waals surface area contributed by atoms with E-state index in [2.05, 4.69) is 33.3 Å². The number of halogens is 1. The highest BCUT2D eigenvalue weighted by atomic mass is 35.5. The molecular formula is C22H28ClN5. The number of likely N-dealkylation sites (tertiary alicyclic amines) is 2. The SMILES string of the molecule is C=C(NC)N1CC2(C1)C(=C)N(Cc1nc3ccc(Cl)cc3[nH]1)C1CCCCC12. The fraction of sp³-hybridized carbons (Fsp3) is 0.500. The van der Waals surface area contributed by atoms with E-state index >= 15 is 0 Å². The smallest absolute Gasteiger partial charge is 0.126 e. The number of hydrogen-bond acceptors (Lipinski definition) is 4. The fourth-order valence-electron chi connectivity index (χ4n) is 5.71. The number of aromatic amines is 1. The Balaban J connectivity index is 1.42. The number of aromatic nitrogens is 2. The van der Waals surface area contributed by atoms with Gasteiger partial charge in [-0.1, -0.05) is 37.6 Å². The Morgan fingerprint density at radius 3 is 2.93 bits per heavy atom. The molecule has 1 aromatic heterocycles. The highest BCUT2D eigenvalue weighted by Gasteiger charge is 2.60. The number of rotatable bonds is 4. The normalized spacial score (nSPS) is 25.9. The average molecular weight is 398 g/mol. The summed E-state index contributed by atoms with van der Waals surface area (Å²) in [6.45, 7) is 11.6. The number of hydrogen-bond donors (Lipinski definition) is 2. The molecule has 2 aromatic rings. The molecular weight excluding hydrogens is 370 g/mol. The van der Waals surface area contributed by atoms with Crippen LogP contribution in [0, 0.1) is 11.3 Å². The summed E-state index contributed by atoms with van der Waals surface area (Å²) in [5.41, 5.74) is 3.46. The summed E-state index contributed by atoms with van der Waals surface area (Å²) in [6, 6.07) is 6.40. The molecule has 3 fully saturated rings. The standard InChI is InChI=1S/C22H28ClN5/c1-14-22(12-27(13-22)15(2)24-3)17-6-4-5-7-20(17)28(14)11-21-25-18-9-8-16(23)10-19(18)26-21/h8-10,17,20,24H,1-2,4-7,11-13H2,3H3,(H,25,26). The van der Waals surface area contributed by atoms with Gasteiger partial charge in [-0.25, -0.2) is 4.98 Å². The van der Waals surface area contributed by atoms with E-state index in [1.54, 1.807) is 0 Å². The molecule has 0 amide bonds. The number of benzene rings is 1. The van der Waals surface area contributed by atoms with Crippen LogP contribution < -0.4 is 5.32 Å². The summed E-state index contributed by atoms with van der Waals surface area (Å²) < 4.78 is 0. The lowest BCUT2D eigenvalue weighted by atomic mass is 9.64. The first kappa shape index (κ1) is 17.9. The van der Waals surface area contributed by atoms with Crippen molar-refractivity contribution in [2.24, 2.45) is 11.3 Å². The molecule has 2 aliphatic heterocycles. The number of nitrogens with zero attached hydrogens (tertiary/aromatic N) is 3. The summed E-state index contributed by atoms with van der Waals surface area (Å²) in [6.07, 6.45) is 5.20. The summed E-state index contributed by atoms with van der Waals surface area (Å²) in [5.74, 6) is 2.70. The molecule has 148 valence electrons. The van der Waals surface area contributed by atoms with Gasteiger partial charge in [-0.15, -0.1) is 0 Å². The van der Waals surface area contributed by atoms with E-state index in [-0.39, 0.29) is 5.41 Å². The van der Waals surface area contributed by atoms with Crippen molar-refractivity contribution in [3.8, 4) is 0 Å². The Morgan fingerprint density at radius 1 is 1.36 bits per heavy atom. The van der Waals surface area contributed by atoms with Gasteiger partial charge in [0.05, 0.1) is 23.4 Å². The van der Waals surface area contributed by atoms with E-state index in [4.69, 9.17) is 16.6 Å². The molecule has 6 heteroatoms. The molecule has 2 N–H and O–H groups in total. The average Bonchev–Trinajstić information content (AvgIpc) is 3.17. The summed E-state index contributed by atoms with van der Waals surface area (Å²) >= 11 is 6.14. The van der Waals surface area contributed by atoms with Crippen LogP contribution in [0.4, 0.5) is 0 Å². The molecule has 1 saturated carbocycles. The molecule has 0 bridgehead atoms. The molecule has 2 unspecified atom stereocenters. The van der Waals surface area contributed by atoms with Gasteiger partial charge in [0.15, 0.2) is 0 Å². The highest BCUT2D eigenvalue weighted by Crippen LogP contribution is 2.58. The maximum absolute atomic E-state index is 6.14. The van der Waals surface area contributed by atoms with Crippen LogP contribution >= 0.6 is 11.6 Å². The zero-order valence-electron chi connectivity index (χ0n) is 16.5. The first-order valence-corrected chi connectivity index (χ1v) is 10.6. The van der Waals surface area contributed by atoms with Gasteiger partial charge in [0, 0.05) is 42.3 Å². The molecule has 1 spiro atoms. The molecule has 28 heavy (non-hydrogen) atoms. The van der Waals surface area contributed by atoms with Crippen LogP contribution in [0.3, 0.4) is 0 Å². The van der Waals surface area contributed by atoms with Gasteiger partial charge in [0.1, 0.15) is 5.82 Å². The van der Waals surface area contributed by atoms with Gasteiger partial charge in [-0.2, -0.15) is 0 Å². The van der Waals surface area contributed by atoms with Crippen molar-refractivity contribution in [3.05, 3.63) is 53.7 Å². The second kappa shape index (κ2) is 6.45. The van der Waals surface area contributed by atoms with Crippen LogP contribution in [-0.4, -0.2) is 45.9 Å². The molecule has 0 radical (unpaired) electrons. The van der Waals surface area contributed by atoms with Gasteiger partial charge >= 0.3 is 0 Å². The first-order chi connectivity index (χ1) is 13.5. The van der Waals surface area contributed by atoms with Crippen molar-refractivity contribution < 1.29 is 0 Å². The molecule has 3 heterocycles. The third-order valence-corrected chi connectivity index (χ3v) is 7.43. The van der Waals surface area contributed by atoms with E-state index in [0.717, 1.165) is 47.3 Å². The van der Waals surface area contributed by atoms with Crippen LogP contribution in [0.15, 0.2) is 42.9 Å². The summed E-state index contributed by atoms with van der Waals surface area (Å²) in [7, 11) is 1.94. The number of fused-ring (bicyclic) bond motifs is 3. The van der Waals surface area contributed by atoms with Gasteiger partial charge in [0.25, 0.3) is 0 Å². The van der Waals surface area contributed by atoms with Crippen molar-refractivity contribution in [2.45, 2.75) is 38.3 Å². The molecule has 1 aromatic carbocycles. The fourth-order valence-corrected chi connectivity index (χ4v) is 5.89. The second-order valence-corrected chi connectivity index (χ2v) is 9.02.